The van der Waals surface area contributed by atoms with E-state index in [-0.39, 0.29) is 32.5 Å². The van der Waals surface area contributed by atoms with Crippen LogP contribution in [-0.4, -0.2) is 44.3 Å². The highest BCUT2D eigenvalue weighted by Gasteiger charge is 2.25. The van der Waals surface area contributed by atoms with Crippen molar-refractivity contribution in [2.24, 2.45) is 0 Å². The van der Waals surface area contributed by atoms with Crippen molar-refractivity contribution in [3.05, 3.63) is 45.8 Å². The summed E-state index contributed by atoms with van der Waals surface area (Å²) in [5.41, 5.74) is 0.880. The van der Waals surface area contributed by atoms with Crippen molar-refractivity contribution >= 4 is 38.2 Å². The number of benzene rings is 1. The molecule has 1 N–H and O–H groups in total. The molecule has 0 saturated heterocycles. The lowest BCUT2D eigenvalue weighted by Gasteiger charge is -2.22. The molecule has 0 spiro atoms. The number of anilines is 1. The van der Waals surface area contributed by atoms with Crippen molar-refractivity contribution in [1.82, 2.24) is 4.31 Å². The molecule has 1 aromatic carbocycles. The molecule has 0 aliphatic heterocycles. The van der Waals surface area contributed by atoms with Crippen molar-refractivity contribution in [1.29, 1.82) is 5.26 Å². The van der Waals surface area contributed by atoms with Gasteiger partial charge in [0.05, 0.1) is 17.1 Å². The highest BCUT2D eigenvalue weighted by molar-refractivity contribution is 7.89. The number of hydrogen-bond donors (Lipinski definition) is 1. The van der Waals surface area contributed by atoms with Crippen LogP contribution in [0.15, 0.2) is 29.2 Å². The summed E-state index contributed by atoms with van der Waals surface area (Å²) in [6, 6.07) is 7.74. The van der Waals surface area contributed by atoms with Gasteiger partial charge < -0.3 is 10.1 Å². The second-order valence-electron chi connectivity index (χ2n) is 7.68. The van der Waals surface area contributed by atoms with Gasteiger partial charge in [0.2, 0.25) is 10.0 Å². The Morgan fingerprint density at radius 3 is 2.18 bits per heavy atom. The standard InChI is InChI=1S/C24H31N3O5S2/c1-5-8-14-27(15-9-6-2)34(30,31)19-12-10-18(11-13-19)22(28)26-23-20(16-25)17(4)21(33-23)24(29)32-7-3/h10-13H,5-9,14-15H2,1-4H3,(H,26,28). The molecule has 0 saturated carbocycles. The first-order chi connectivity index (χ1) is 16.2. The number of nitrogens with one attached hydrogen (secondary N) is 1. The maximum atomic E-state index is 13.1. The molecule has 8 nitrogen and oxygen atoms in total. The van der Waals surface area contributed by atoms with Gasteiger partial charge in [0.15, 0.2) is 0 Å². The van der Waals surface area contributed by atoms with Crippen LogP contribution in [0.4, 0.5) is 5.00 Å². The van der Waals surface area contributed by atoms with Crippen molar-refractivity contribution in [3.63, 3.8) is 0 Å². The summed E-state index contributed by atoms with van der Waals surface area (Å²) in [4.78, 5) is 25.3. The van der Waals surface area contributed by atoms with E-state index in [1.807, 2.05) is 19.9 Å². The first kappa shape index (κ1) is 27.5. The number of carbonyl (C=O) groups excluding carboxylic acids is 2. The molecule has 0 aliphatic carbocycles. The molecule has 1 amide bonds. The molecule has 0 bridgehead atoms. The minimum absolute atomic E-state index is 0.130. The lowest BCUT2D eigenvalue weighted by Crippen LogP contribution is -2.33. The molecule has 34 heavy (non-hydrogen) atoms. The van der Waals surface area contributed by atoms with Crippen molar-refractivity contribution in [3.8, 4) is 6.07 Å². The van der Waals surface area contributed by atoms with Gasteiger partial charge in [-0.25, -0.2) is 13.2 Å². The van der Waals surface area contributed by atoms with Crippen molar-refractivity contribution in [2.75, 3.05) is 25.0 Å². The van der Waals surface area contributed by atoms with E-state index in [4.69, 9.17) is 4.74 Å². The quantitative estimate of drug-likeness (QED) is 0.408. The highest BCUT2D eigenvalue weighted by atomic mass is 32.2. The molecule has 2 aromatic rings. The summed E-state index contributed by atoms with van der Waals surface area (Å²) >= 11 is 0.977. The number of ether oxygens (including phenoxy) is 1. The number of thiophene rings is 1. The van der Waals surface area contributed by atoms with E-state index in [0.29, 0.717) is 18.7 Å². The van der Waals surface area contributed by atoms with Gasteiger partial charge in [-0.2, -0.15) is 9.57 Å². The van der Waals surface area contributed by atoms with Gasteiger partial charge in [-0.05, 0) is 56.5 Å². The van der Waals surface area contributed by atoms with E-state index in [2.05, 4.69) is 5.32 Å². The number of unbranched alkanes of at least 4 members (excludes halogenated alkanes) is 2. The smallest absolute Gasteiger partial charge is 0.348 e. The zero-order chi connectivity index (χ0) is 25.3. The molecule has 184 valence electrons. The predicted octanol–water partition coefficient (Wildman–Crippen LogP) is 4.95. The predicted molar refractivity (Wildman–Crippen MR) is 133 cm³/mol. The molecule has 0 atom stereocenters. The Morgan fingerprint density at radius 1 is 1.09 bits per heavy atom. The normalized spacial score (nSPS) is 11.3. The fourth-order valence-corrected chi connectivity index (χ4v) is 5.81. The van der Waals surface area contributed by atoms with Crippen LogP contribution >= 0.6 is 11.3 Å². The van der Waals surface area contributed by atoms with Crippen LogP contribution in [0.2, 0.25) is 0 Å². The Bertz CT molecular complexity index is 1140. The number of carbonyl (C=O) groups is 2. The highest BCUT2D eigenvalue weighted by Crippen LogP contribution is 2.33. The van der Waals surface area contributed by atoms with Gasteiger partial charge in [-0.3, -0.25) is 4.79 Å². The number of rotatable bonds is 12. The summed E-state index contributed by atoms with van der Waals surface area (Å²) in [5, 5.41) is 12.4. The molecular weight excluding hydrogens is 474 g/mol. The van der Waals surface area contributed by atoms with Crippen LogP contribution in [0.5, 0.6) is 0 Å². The van der Waals surface area contributed by atoms with E-state index in [1.54, 1.807) is 13.8 Å². The van der Waals surface area contributed by atoms with Gasteiger partial charge in [0, 0.05) is 18.7 Å². The topological polar surface area (TPSA) is 117 Å². The van der Waals surface area contributed by atoms with E-state index in [9.17, 15) is 23.3 Å². The van der Waals surface area contributed by atoms with Crippen LogP contribution in [0.1, 0.15) is 77.6 Å². The molecule has 0 unspecified atom stereocenters. The summed E-state index contributed by atoms with van der Waals surface area (Å²) in [6.45, 7) is 8.45. The lowest BCUT2D eigenvalue weighted by atomic mass is 10.1. The van der Waals surface area contributed by atoms with Crippen LogP contribution < -0.4 is 5.32 Å². The number of nitriles is 1. The third-order valence-corrected chi connectivity index (χ3v) is 8.32. The molecule has 10 heteroatoms. The van der Waals surface area contributed by atoms with Crippen LogP contribution in [-0.2, 0) is 14.8 Å². The fourth-order valence-electron chi connectivity index (χ4n) is 3.25. The van der Waals surface area contributed by atoms with Gasteiger partial charge in [0.25, 0.3) is 5.91 Å². The Balaban J connectivity index is 2.25. The van der Waals surface area contributed by atoms with E-state index < -0.39 is 21.9 Å². The SMILES string of the molecule is CCCCN(CCCC)S(=O)(=O)c1ccc(C(=O)Nc2sc(C(=O)OCC)c(C)c2C#N)cc1. The largest absolute Gasteiger partial charge is 0.462 e. The third-order valence-electron chi connectivity index (χ3n) is 5.22. The summed E-state index contributed by atoms with van der Waals surface area (Å²) in [6.07, 6.45) is 3.33. The maximum Gasteiger partial charge on any atom is 0.348 e. The Hall–Kier alpha value is -2.74. The first-order valence-electron chi connectivity index (χ1n) is 11.3. The lowest BCUT2D eigenvalue weighted by molar-refractivity contribution is 0.0531. The molecule has 0 fully saturated rings. The number of esters is 1. The number of amides is 1. The zero-order valence-electron chi connectivity index (χ0n) is 20.0. The Kier molecular flexibility index (Phi) is 10.2. The van der Waals surface area contributed by atoms with Gasteiger partial charge >= 0.3 is 5.97 Å². The molecule has 2 rings (SSSR count). The van der Waals surface area contributed by atoms with Gasteiger partial charge in [-0.15, -0.1) is 11.3 Å². The van der Waals surface area contributed by atoms with E-state index in [1.165, 1.54) is 28.6 Å². The average Bonchev–Trinajstić information content (AvgIpc) is 3.13. The number of sulfonamides is 1. The van der Waals surface area contributed by atoms with Gasteiger partial charge in [0.1, 0.15) is 15.9 Å². The molecule has 0 radical (unpaired) electrons. The van der Waals surface area contributed by atoms with Crippen LogP contribution in [0.3, 0.4) is 0 Å². The number of nitrogens with zero attached hydrogens (tertiary/aromatic N) is 2. The Labute approximate surface area is 205 Å². The molecule has 1 aromatic heterocycles. The second-order valence-corrected chi connectivity index (χ2v) is 10.6. The van der Waals surface area contributed by atoms with E-state index in [0.717, 1.165) is 37.0 Å². The molecule has 1 heterocycles. The second kappa shape index (κ2) is 12.6. The minimum atomic E-state index is -3.67. The minimum Gasteiger partial charge on any atom is -0.462 e. The average molecular weight is 506 g/mol. The molecule has 0 aliphatic rings. The van der Waals surface area contributed by atoms with Crippen molar-refractivity contribution < 1.29 is 22.7 Å². The first-order valence-corrected chi connectivity index (χ1v) is 13.6. The fraction of sp³-hybridized carbons (Fsp3) is 0.458. The maximum absolute atomic E-state index is 13.1. The summed E-state index contributed by atoms with van der Waals surface area (Å²) < 4.78 is 32.7. The van der Waals surface area contributed by atoms with E-state index >= 15 is 0 Å². The summed E-state index contributed by atoms with van der Waals surface area (Å²) in [5.74, 6) is -1.06. The molecular formula is C24H31N3O5S2. The van der Waals surface area contributed by atoms with Crippen molar-refractivity contribution in [2.45, 2.75) is 58.3 Å². The zero-order valence-corrected chi connectivity index (χ0v) is 21.6. The van der Waals surface area contributed by atoms with Crippen LogP contribution in [0.25, 0.3) is 0 Å². The van der Waals surface area contributed by atoms with Crippen LogP contribution in [0, 0.1) is 18.3 Å². The van der Waals surface area contributed by atoms with Gasteiger partial charge in [-0.1, -0.05) is 26.7 Å². The monoisotopic (exact) mass is 505 g/mol. The third kappa shape index (κ3) is 6.44. The number of hydrogen-bond acceptors (Lipinski definition) is 7. The Morgan fingerprint density at radius 2 is 1.68 bits per heavy atom. The summed E-state index contributed by atoms with van der Waals surface area (Å²) in [7, 11) is -3.67.